The summed E-state index contributed by atoms with van der Waals surface area (Å²) in [4.78, 5) is 22.5. The summed E-state index contributed by atoms with van der Waals surface area (Å²) in [5.74, 6) is -1.17. The number of aliphatic carboxylic acids is 1. The zero-order valence-electron chi connectivity index (χ0n) is 12.5. The van der Waals surface area contributed by atoms with Crippen LogP contribution in [0.2, 0.25) is 0 Å². The third-order valence-electron chi connectivity index (χ3n) is 2.84. The van der Waals surface area contributed by atoms with Crippen molar-refractivity contribution in [1.82, 2.24) is 5.01 Å². The van der Waals surface area contributed by atoms with Gasteiger partial charge < -0.3 is 10.4 Å². The summed E-state index contributed by atoms with van der Waals surface area (Å²) in [7, 11) is 1.52. The summed E-state index contributed by atoms with van der Waals surface area (Å²) >= 11 is 0. The van der Waals surface area contributed by atoms with Crippen molar-refractivity contribution in [2.45, 2.75) is 0 Å². The van der Waals surface area contributed by atoms with Crippen LogP contribution in [0.5, 0.6) is 0 Å². The third-order valence-corrected chi connectivity index (χ3v) is 2.84. The summed E-state index contributed by atoms with van der Waals surface area (Å²) in [5, 5.41) is 20.3. The second kappa shape index (κ2) is 7.69. The van der Waals surface area contributed by atoms with Crippen LogP contribution in [0, 0.1) is 0 Å². The second-order valence-corrected chi connectivity index (χ2v) is 4.77. The molecule has 0 saturated heterocycles. The van der Waals surface area contributed by atoms with Crippen LogP contribution < -0.4 is 5.32 Å². The molecule has 1 amide bonds. The van der Waals surface area contributed by atoms with Gasteiger partial charge in [-0.2, -0.15) is 0 Å². The van der Waals surface area contributed by atoms with Gasteiger partial charge in [0, 0.05) is 18.3 Å². The highest BCUT2D eigenvalue weighted by molar-refractivity contribution is 6.04. The van der Waals surface area contributed by atoms with E-state index in [0.717, 1.165) is 0 Å². The fraction of sp³-hybridized carbons (Fsp3) is 0.125. The second-order valence-electron chi connectivity index (χ2n) is 4.77. The van der Waals surface area contributed by atoms with Crippen molar-refractivity contribution >= 4 is 23.3 Å². The molecule has 2 aromatic carbocycles. The predicted molar refractivity (Wildman–Crippen MR) is 85.6 cm³/mol. The topological polar surface area (TPSA) is 94.4 Å². The van der Waals surface area contributed by atoms with E-state index in [-0.39, 0.29) is 12.5 Å². The van der Waals surface area contributed by atoms with Gasteiger partial charge in [0.05, 0.1) is 5.69 Å². The molecule has 0 aliphatic rings. The fourth-order valence-electron chi connectivity index (χ4n) is 1.76. The lowest BCUT2D eigenvalue weighted by atomic mass is 10.2. The first-order chi connectivity index (χ1) is 11.0. The van der Waals surface area contributed by atoms with Crippen molar-refractivity contribution in [3.05, 3.63) is 60.2 Å². The Balaban J connectivity index is 1.96. The van der Waals surface area contributed by atoms with Crippen LogP contribution in [0.25, 0.3) is 0 Å². The summed E-state index contributed by atoms with van der Waals surface area (Å²) < 4.78 is 0. The number of carboxylic acid groups (broad SMARTS) is 1. The number of nitrogens with zero attached hydrogens (tertiary/aromatic N) is 3. The first-order valence-corrected chi connectivity index (χ1v) is 6.85. The molecular formula is C16H16N4O3. The van der Waals surface area contributed by atoms with Crippen LogP contribution in [0.15, 0.2) is 64.9 Å². The zero-order chi connectivity index (χ0) is 16.7. The van der Waals surface area contributed by atoms with E-state index >= 15 is 0 Å². The molecular weight excluding hydrogens is 296 g/mol. The third kappa shape index (κ3) is 5.24. The fourth-order valence-corrected chi connectivity index (χ4v) is 1.76. The van der Waals surface area contributed by atoms with Gasteiger partial charge in [-0.1, -0.05) is 23.4 Å². The molecule has 7 heteroatoms. The molecule has 0 bridgehead atoms. The van der Waals surface area contributed by atoms with Crippen LogP contribution in [0.1, 0.15) is 10.4 Å². The lowest BCUT2D eigenvalue weighted by molar-refractivity contribution is -0.138. The average Bonchev–Trinajstić information content (AvgIpc) is 2.54. The summed E-state index contributed by atoms with van der Waals surface area (Å²) in [6, 6.07) is 15.7. The zero-order valence-corrected chi connectivity index (χ0v) is 12.5. The largest absolute Gasteiger partial charge is 0.480 e. The minimum atomic E-state index is -0.981. The van der Waals surface area contributed by atoms with E-state index in [4.69, 9.17) is 5.11 Å². The molecule has 0 aliphatic carbocycles. The molecule has 0 heterocycles. The van der Waals surface area contributed by atoms with E-state index in [1.54, 1.807) is 48.5 Å². The number of carbonyl (C=O) groups excluding carboxylic acids is 1. The van der Waals surface area contributed by atoms with Gasteiger partial charge in [0.25, 0.3) is 5.91 Å². The molecule has 0 unspecified atom stereocenters. The van der Waals surface area contributed by atoms with Crippen molar-refractivity contribution in [2.75, 3.05) is 18.9 Å². The number of rotatable bonds is 6. The smallest absolute Gasteiger partial charge is 0.324 e. The van der Waals surface area contributed by atoms with Crippen molar-refractivity contribution in [2.24, 2.45) is 10.3 Å². The van der Waals surface area contributed by atoms with E-state index in [1.807, 2.05) is 6.07 Å². The predicted octanol–water partition coefficient (Wildman–Crippen LogP) is 2.95. The quantitative estimate of drug-likeness (QED) is 0.633. The van der Waals surface area contributed by atoms with Gasteiger partial charge in [0.15, 0.2) is 0 Å². The number of hydrogen-bond acceptors (Lipinski definition) is 4. The Bertz CT molecular complexity index is 699. The average molecular weight is 312 g/mol. The molecule has 0 saturated carbocycles. The van der Waals surface area contributed by atoms with Gasteiger partial charge >= 0.3 is 5.97 Å². The molecule has 0 spiro atoms. The van der Waals surface area contributed by atoms with E-state index < -0.39 is 5.97 Å². The van der Waals surface area contributed by atoms with E-state index in [1.165, 1.54) is 12.1 Å². The minimum Gasteiger partial charge on any atom is -0.480 e. The molecule has 0 radical (unpaired) electrons. The number of anilines is 1. The van der Waals surface area contributed by atoms with Gasteiger partial charge in [0.1, 0.15) is 6.54 Å². The van der Waals surface area contributed by atoms with Crippen LogP contribution >= 0.6 is 0 Å². The molecule has 118 valence electrons. The molecule has 7 nitrogen and oxygen atoms in total. The monoisotopic (exact) mass is 312 g/mol. The Morgan fingerprint density at radius 1 is 1.09 bits per heavy atom. The highest BCUT2D eigenvalue weighted by Gasteiger charge is 2.05. The Labute approximate surface area is 133 Å². The standard InChI is InChI=1S/C16H16N4O3/c1-20(11-15(21)22)19-18-14-9-7-13(8-10-14)17-16(23)12-5-3-2-4-6-12/h2-10H,11H2,1H3,(H,17,23)(H,21,22). The van der Waals surface area contributed by atoms with Crippen LogP contribution in [0.4, 0.5) is 11.4 Å². The first-order valence-electron chi connectivity index (χ1n) is 6.85. The number of likely N-dealkylation sites (N-methyl/N-ethyl adjacent to an activating group) is 1. The molecule has 0 aliphatic heterocycles. The molecule has 0 atom stereocenters. The highest BCUT2D eigenvalue weighted by Crippen LogP contribution is 2.17. The number of benzene rings is 2. The van der Waals surface area contributed by atoms with E-state index in [0.29, 0.717) is 16.9 Å². The number of carbonyl (C=O) groups is 2. The summed E-state index contributed by atoms with van der Waals surface area (Å²) in [6.07, 6.45) is 0. The maximum absolute atomic E-state index is 12.0. The number of nitrogens with one attached hydrogen (secondary N) is 1. The summed E-state index contributed by atoms with van der Waals surface area (Å²) in [5.41, 5.74) is 1.77. The molecule has 0 aromatic heterocycles. The van der Waals surface area contributed by atoms with Crippen molar-refractivity contribution in [3.8, 4) is 0 Å². The Morgan fingerprint density at radius 3 is 2.35 bits per heavy atom. The molecule has 23 heavy (non-hydrogen) atoms. The lowest BCUT2D eigenvalue weighted by Crippen LogP contribution is -2.19. The Morgan fingerprint density at radius 2 is 1.74 bits per heavy atom. The van der Waals surface area contributed by atoms with E-state index in [9.17, 15) is 9.59 Å². The van der Waals surface area contributed by atoms with Crippen LogP contribution in [-0.4, -0.2) is 35.6 Å². The Kier molecular flexibility index (Phi) is 5.40. The maximum Gasteiger partial charge on any atom is 0.324 e. The van der Waals surface area contributed by atoms with Crippen LogP contribution in [0.3, 0.4) is 0 Å². The lowest BCUT2D eigenvalue weighted by Gasteiger charge is -2.07. The molecule has 0 fully saturated rings. The molecule has 2 aromatic rings. The van der Waals surface area contributed by atoms with Gasteiger partial charge in [0.2, 0.25) is 0 Å². The van der Waals surface area contributed by atoms with E-state index in [2.05, 4.69) is 15.7 Å². The SMILES string of the molecule is CN(CC(=O)O)N=Nc1ccc(NC(=O)c2ccccc2)cc1. The summed E-state index contributed by atoms with van der Waals surface area (Å²) in [6.45, 7) is -0.227. The number of amides is 1. The van der Waals surface area contributed by atoms with Gasteiger partial charge in [-0.15, -0.1) is 5.11 Å². The van der Waals surface area contributed by atoms with Gasteiger partial charge in [-0.25, -0.2) is 0 Å². The molecule has 2 rings (SSSR count). The minimum absolute atomic E-state index is 0.193. The number of carboxylic acids is 1. The van der Waals surface area contributed by atoms with Crippen LogP contribution in [-0.2, 0) is 4.79 Å². The van der Waals surface area contributed by atoms with Gasteiger partial charge in [-0.3, -0.25) is 14.6 Å². The normalized spacial score (nSPS) is 10.5. The highest BCUT2D eigenvalue weighted by atomic mass is 16.4. The first kappa shape index (κ1) is 16.2. The van der Waals surface area contributed by atoms with Crippen molar-refractivity contribution < 1.29 is 14.7 Å². The number of hydrogen-bond donors (Lipinski definition) is 2. The maximum atomic E-state index is 12.0. The van der Waals surface area contributed by atoms with Gasteiger partial charge in [-0.05, 0) is 36.4 Å². The Hall–Kier alpha value is -3.22. The van der Waals surface area contributed by atoms with Crippen molar-refractivity contribution in [1.29, 1.82) is 0 Å². The van der Waals surface area contributed by atoms with Crippen molar-refractivity contribution in [3.63, 3.8) is 0 Å². The molecule has 2 N–H and O–H groups in total.